The number of benzene rings is 4. The van der Waals surface area contributed by atoms with Gasteiger partial charge in [-0.05, 0) is 0 Å². The summed E-state index contributed by atoms with van der Waals surface area (Å²) in [6, 6.07) is 33.2. The fourth-order valence-electron chi connectivity index (χ4n) is 6.68. The summed E-state index contributed by atoms with van der Waals surface area (Å²) >= 11 is -2.18. The number of aromatic nitrogens is 2. The number of aliphatic imine (C=N–C) groups is 4. The lowest BCUT2D eigenvalue weighted by molar-refractivity contribution is 0.964. The Morgan fingerprint density at radius 1 is 0.405 bits per heavy atom. The van der Waals surface area contributed by atoms with Crippen molar-refractivity contribution >= 4 is 71.1 Å². The second-order valence-electron chi connectivity index (χ2n) is 10.8. The summed E-state index contributed by atoms with van der Waals surface area (Å²) < 4.78 is 4.68. The van der Waals surface area contributed by atoms with Gasteiger partial charge >= 0.3 is 14.6 Å². The highest BCUT2D eigenvalue weighted by Crippen LogP contribution is 2.41. The van der Waals surface area contributed by atoms with E-state index in [1.807, 2.05) is 24.3 Å². The number of rotatable bonds is 0. The highest BCUT2D eigenvalue weighted by Gasteiger charge is 2.35. The van der Waals surface area contributed by atoms with Crippen LogP contribution < -0.4 is 11.0 Å². The van der Waals surface area contributed by atoms with Gasteiger partial charge < -0.3 is 7.10 Å². The molecule has 4 aliphatic rings. The van der Waals surface area contributed by atoms with E-state index in [9.17, 15) is 0 Å². The van der Waals surface area contributed by atoms with Crippen molar-refractivity contribution in [2.45, 2.75) is 5.79 Å². The molecule has 0 amide bonds. The molecule has 194 valence electrons. The first-order valence-electron chi connectivity index (χ1n) is 14.0. The van der Waals surface area contributed by atoms with E-state index in [-0.39, 0.29) is 0 Å². The van der Waals surface area contributed by atoms with Gasteiger partial charge in [0.1, 0.15) is 22.6 Å². The summed E-state index contributed by atoms with van der Waals surface area (Å²) in [5, 5.41) is 4.14. The van der Waals surface area contributed by atoms with Crippen LogP contribution in [-0.4, -0.2) is 45.0 Å². The number of hydrogen-bond donors (Lipinski definition) is 0. The highest BCUT2D eigenvalue weighted by atomic mass is 27.2. The summed E-state index contributed by atoms with van der Waals surface area (Å²) in [6.07, 6.45) is 0. The second kappa shape index (κ2) is 7.95. The minimum Gasteiger partial charge on any atom is -0.383 e. The van der Waals surface area contributed by atoms with Gasteiger partial charge in [0, 0.05) is 43.8 Å². The molecule has 2 aromatic heterocycles. The lowest BCUT2D eigenvalue weighted by atomic mass is 10.1. The average Bonchev–Trinajstić information content (AvgIpc) is 3.74. The number of amidine groups is 4. The molecule has 0 aliphatic carbocycles. The molecule has 9 heteroatoms. The molecule has 0 N–H and O–H groups in total. The Kier molecular flexibility index (Phi) is 4.25. The lowest BCUT2D eigenvalue weighted by Gasteiger charge is -2.17. The fraction of sp³-hybridized carbons (Fsp3) is 0.0303. The Bertz CT molecular complexity index is 2330. The van der Waals surface area contributed by atoms with Crippen molar-refractivity contribution in [1.29, 1.82) is 0 Å². The van der Waals surface area contributed by atoms with Gasteiger partial charge in [-0.1, -0.05) is 103 Å². The first kappa shape index (κ1) is 22.5. The molecule has 6 aromatic rings. The van der Waals surface area contributed by atoms with E-state index in [4.69, 9.17) is 30.0 Å². The Hall–Kier alpha value is -5.23. The van der Waals surface area contributed by atoms with E-state index in [0.29, 0.717) is 23.3 Å². The van der Waals surface area contributed by atoms with Crippen molar-refractivity contribution in [2.24, 2.45) is 30.0 Å². The smallest absolute Gasteiger partial charge is 0.383 e. The quantitative estimate of drug-likeness (QED) is 0.236. The van der Waals surface area contributed by atoms with Crippen molar-refractivity contribution in [2.75, 3.05) is 0 Å². The molecule has 0 saturated carbocycles. The average molecular weight is 555 g/mol. The van der Waals surface area contributed by atoms with Crippen molar-refractivity contribution < 1.29 is 0 Å². The van der Waals surface area contributed by atoms with Crippen LogP contribution in [0.2, 0.25) is 5.79 Å². The monoisotopic (exact) mass is 554 g/mol. The molecule has 0 radical (unpaired) electrons. The minimum absolute atomic E-state index is 0.669. The molecule has 6 heterocycles. The zero-order valence-electron chi connectivity index (χ0n) is 22.4. The molecular weight excluding hydrogens is 535 g/mol. The van der Waals surface area contributed by atoms with Crippen LogP contribution in [0.15, 0.2) is 127 Å². The minimum atomic E-state index is -2.18. The zero-order chi connectivity index (χ0) is 27.5. The Labute approximate surface area is 243 Å². The summed E-state index contributed by atoms with van der Waals surface area (Å²) in [5.74, 6) is 6.69. The highest BCUT2D eigenvalue weighted by molar-refractivity contribution is 6.56. The molecule has 0 spiro atoms. The molecule has 0 unspecified atom stereocenters. The number of nitrogens with zero attached hydrogens (tertiary/aromatic N) is 8. The van der Waals surface area contributed by atoms with Gasteiger partial charge in [0.05, 0.1) is 0 Å². The zero-order valence-corrected chi connectivity index (χ0v) is 23.5. The number of fused-ring (bicyclic) bond motifs is 14. The molecule has 8 nitrogen and oxygen atoms in total. The molecule has 0 atom stereocenters. The van der Waals surface area contributed by atoms with Crippen LogP contribution in [0.1, 0.15) is 22.3 Å². The first-order chi connectivity index (χ1) is 20.7. The van der Waals surface area contributed by atoms with Gasteiger partial charge in [-0.2, -0.15) is 0 Å². The third-order valence-corrected chi connectivity index (χ3v) is 11.0. The van der Waals surface area contributed by atoms with Crippen molar-refractivity contribution in [3.63, 3.8) is 0 Å². The van der Waals surface area contributed by atoms with Gasteiger partial charge in [-0.25, -0.2) is 30.0 Å². The van der Waals surface area contributed by atoms with Gasteiger partial charge in [0.2, 0.25) is 0 Å². The van der Waals surface area contributed by atoms with Gasteiger partial charge in [-0.3, -0.25) is 0 Å². The predicted octanol–water partition coefficient (Wildman–Crippen LogP) is 5.05. The van der Waals surface area contributed by atoms with Crippen LogP contribution >= 0.6 is 0 Å². The molecule has 10 rings (SSSR count). The van der Waals surface area contributed by atoms with Crippen molar-refractivity contribution in [3.8, 4) is 0 Å². The van der Waals surface area contributed by atoms with E-state index in [2.05, 4.69) is 85.7 Å². The molecule has 0 fully saturated rings. The summed E-state index contributed by atoms with van der Waals surface area (Å²) in [7, 11) is 0. The van der Waals surface area contributed by atoms with Crippen molar-refractivity contribution in [3.05, 3.63) is 130 Å². The van der Waals surface area contributed by atoms with Crippen LogP contribution in [0.4, 0.5) is 11.6 Å². The van der Waals surface area contributed by atoms with Crippen LogP contribution in [-0.2, 0) is 0 Å². The normalized spacial score (nSPS) is 15.7. The van der Waals surface area contributed by atoms with E-state index >= 15 is 0 Å². The van der Waals surface area contributed by atoms with E-state index < -0.39 is 14.6 Å². The van der Waals surface area contributed by atoms with Crippen LogP contribution in [0.25, 0.3) is 21.5 Å². The predicted molar refractivity (Wildman–Crippen MR) is 167 cm³/mol. The fourth-order valence-corrected chi connectivity index (χ4v) is 9.11. The van der Waals surface area contributed by atoms with Crippen LogP contribution in [0.3, 0.4) is 0 Å². The topological polar surface area (TPSA) is 84.0 Å². The van der Waals surface area contributed by atoms with Crippen LogP contribution in [0, 0.1) is 0 Å². The number of hydrogen-bond acceptors (Lipinski definition) is 6. The third-order valence-electron chi connectivity index (χ3n) is 8.57. The summed E-state index contributed by atoms with van der Waals surface area (Å²) in [6.45, 7) is 0. The van der Waals surface area contributed by atoms with Gasteiger partial charge in [0.25, 0.3) is 0 Å². The summed E-state index contributed by atoms with van der Waals surface area (Å²) in [5.41, 5.74) is 5.62. The first-order valence-corrected chi connectivity index (χ1v) is 16.2. The molecule has 0 saturated heterocycles. The maximum Gasteiger partial charge on any atom is 0.584 e. The molecular formula is C33H19AlN8. The maximum atomic E-state index is 5.31. The molecule has 42 heavy (non-hydrogen) atoms. The Morgan fingerprint density at radius 3 is 1.19 bits per heavy atom. The van der Waals surface area contributed by atoms with E-state index in [0.717, 1.165) is 66.4 Å². The molecule has 6 bridgehead atoms. The van der Waals surface area contributed by atoms with E-state index in [1.54, 1.807) is 0 Å². The van der Waals surface area contributed by atoms with Crippen molar-refractivity contribution in [1.82, 2.24) is 7.10 Å². The standard InChI is InChI=1S/C32H16N8.CH3.Al/c1-2-10-18-17(9-1)25-33-26(18)38-28-21-13-5-6-14-22(21)30(35-28)40-32-24-16-8-7-15-23(24)31(36-32)39-29-20-12-4-3-11-19(20)27(34-29)37-25;;/h1-16H;1H3;/q-2;;+2. The van der Waals surface area contributed by atoms with Gasteiger partial charge in [0.15, 0.2) is 23.3 Å². The Morgan fingerprint density at radius 2 is 0.762 bits per heavy atom. The van der Waals surface area contributed by atoms with Gasteiger partial charge in [-0.15, -0.1) is 0 Å². The maximum absolute atomic E-state index is 5.31. The molecule has 4 aliphatic heterocycles. The second-order valence-corrected chi connectivity index (χ2v) is 13.1. The lowest BCUT2D eigenvalue weighted by Crippen LogP contribution is -2.44. The van der Waals surface area contributed by atoms with Crippen LogP contribution in [0.5, 0.6) is 0 Å². The molecule has 4 aromatic carbocycles. The summed E-state index contributed by atoms with van der Waals surface area (Å²) in [4.78, 5) is 31.3. The Balaban J connectivity index is 1.50. The SMILES string of the molecule is [CH3][Al]1[n]2c3c4ccccc4c2N=C2N=C(N=c4c5ccccc5c([n]41)=NC1=NC(=N3)c3ccccc31)c1ccccc12. The van der Waals surface area contributed by atoms with E-state index in [1.165, 1.54) is 0 Å². The third kappa shape index (κ3) is 2.81. The largest absolute Gasteiger partial charge is 0.584 e.